The average molecular weight is 474 g/mol. The maximum Gasteiger partial charge on any atom is 0.242 e. The van der Waals surface area contributed by atoms with Gasteiger partial charge in [0.05, 0.1) is 24.0 Å². The normalized spacial score (nSPS) is 31.2. The number of aromatic nitrogens is 1. The van der Waals surface area contributed by atoms with Crippen LogP contribution in [0.15, 0.2) is 18.3 Å². The van der Waals surface area contributed by atoms with Gasteiger partial charge in [0.2, 0.25) is 11.8 Å². The number of amides is 1. The third kappa shape index (κ3) is 5.96. The summed E-state index contributed by atoms with van der Waals surface area (Å²) in [6, 6.07) is 3.92. The molecule has 0 radical (unpaired) electrons. The highest BCUT2D eigenvalue weighted by Crippen LogP contribution is 2.23. The van der Waals surface area contributed by atoms with Gasteiger partial charge in [0, 0.05) is 64.5 Å². The molecule has 0 spiro atoms. The number of carbonyl (C=O) groups is 1. The van der Waals surface area contributed by atoms with E-state index in [9.17, 15) is 4.79 Å². The molecule has 6 N–H and O–H groups in total. The van der Waals surface area contributed by atoms with E-state index in [1.807, 2.05) is 12.1 Å². The first-order valence-corrected chi connectivity index (χ1v) is 12.8. The van der Waals surface area contributed by atoms with Crippen molar-refractivity contribution >= 4 is 11.6 Å². The summed E-state index contributed by atoms with van der Waals surface area (Å²) in [4.78, 5) is 22.1. The number of rotatable bonds is 7. The van der Waals surface area contributed by atoms with E-state index in [2.05, 4.69) is 46.9 Å². The van der Waals surface area contributed by atoms with E-state index in [1.54, 1.807) is 6.20 Å². The minimum absolute atomic E-state index is 0.0103. The lowest BCUT2D eigenvalue weighted by Gasteiger charge is -2.48. The van der Waals surface area contributed by atoms with Gasteiger partial charge in [0.1, 0.15) is 12.9 Å². The molecule has 188 valence electrons. The van der Waals surface area contributed by atoms with Gasteiger partial charge < -0.3 is 15.4 Å². The summed E-state index contributed by atoms with van der Waals surface area (Å²) in [7, 11) is 0. The molecule has 4 atom stereocenters. The second kappa shape index (κ2) is 11.6. The Labute approximate surface area is 201 Å². The number of likely N-dealkylation sites (tertiary alicyclic amines) is 1. The largest absolute Gasteiger partial charge is 0.476 e. The predicted octanol–water partition coefficient (Wildman–Crippen LogP) is -0.925. The minimum atomic E-state index is -0.237. The molecule has 11 nitrogen and oxygen atoms in total. The molecule has 4 aliphatic heterocycles. The van der Waals surface area contributed by atoms with Crippen molar-refractivity contribution in [2.75, 3.05) is 64.3 Å². The highest BCUT2D eigenvalue weighted by molar-refractivity contribution is 5.81. The molecule has 0 saturated carbocycles. The summed E-state index contributed by atoms with van der Waals surface area (Å²) in [5.74, 6) is 0.377. The van der Waals surface area contributed by atoms with Gasteiger partial charge in [-0.3, -0.25) is 30.7 Å². The van der Waals surface area contributed by atoms with Crippen molar-refractivity contribution in [1.82, 2.24) is 41.6 Å². The maximum atomic E-state index is 12.7. The molecular formula is C23H39N9O2. The summed E-state index contributed by atoms with van der Waals surface area (Å²) in [5.41, 5.74) is 6.70. The van der Waals surface area contributed by atoms with Gasteiger partial charge >= 0.3 is 0 Å². The van der Waals surface area contributed by atoms with Crippen LogP contribution >= 0.6 is 0 Å². The molecule has 4 fully saturated rings. The number of carbonyl (C=O) groups excluding carboxylic acids is 1. The smallest absolute Gasteiger partial charge is 0.242 e. The fourth-order valence-electron chi connectivity index (χ4n) is 5.35. The number of anilines is 1. The van der Waals surface area contributed by atoms with Crippen LogP contribution in [0.4, 0.5) is 5.69 Å². The molecule has 5 heterocycles. The van der Waals surface area contributed by atoms with Crippen LogP contribution in [0.5, 0.6) is 5.88 Å². The van der Waals surface area contributed by atoms with E-state index in [0.717, 1.165) is 51.5 Å². The van der Waals surface area contributed by atoms with Crippen molar-refractivity contribution in [3.05, 3.63) is 18.3 Å². The number of nitrogens with zero attached hydrogens (tertiary/aromatic N) is 3. The van der Waals surface area contributed by atoms with Crippen LogP contribution in [0.2, 0.25) is 0 Å². The quantitative estimate of drug-likeness (QED) is 0.297. The molecule has 4 saturated heterocycles. The molecule has 0 bridgehead atoms. The van der Waals surface area contributed by atoms with Gasteiger partial charge in [-0.05, 0) is 18.9 Å². The van der Waals surface area contributed by atoms with E-state index in [-0.39, 0.29) is 30.3 Å². The molecule has 34 heavy (non-hydrogen) atoms. The highest BCUT2D eigenvalue weighted by Gasteiger charge is 2.44. The third-order valence-electron chi connectivity index (χ3n) is 7.27. The Balaban J connectivity index is 1.19. The Morgan fingerprint density at radius 1 is 1.06 bits per heavy atom. The van der Waals surface area contributed by atoms with Crippen molar-refractivity contribution in [2.45, 2.75) is 44.2 Å². The summed E-state index contributed by atoms with van der Waals surface area (Å²) >= 11 is 0. The Morgan fingerprint density at radius 2 is 1.88 bits per heavy atom. The van der Waals surface area contributed by atoms with Crippen molar-refractivity contribution in [1.29, 1.82) is 0 Å². The second-order valence-electron chi connectivity index (χ2n) is 9.64. The zero-order chi connectivity index (χ0) is 23.2. The zero-order valence-corrected chi connectivity index (χ0v) is 19.9. The van der Waals surface area contributed by atoms with Gasteiger partial charge in [-0.15, -0.1) is 0 Å². The topological polar surface area (TPSA) is 118 Å². The number of pyridine rings is 1. The molecule has 1 aromatic rings. The van der Waals surface area contributed by atoms with Gasteiger partial charge in [0.15, 0.2) is 0 Å². The lowest BCUT2D eigenvalue weighted by Crippen LogP contribution is -2.76. The van der Waals surface area contributed by atoms with Crippen LogP contribution in [0.25, 0.3) is 0 Å². The van der Waals surface area contributed by atoms with Crippen LogP contribution < -0.4 is 36.9 Å². The number of hydrogen-bond acceptors (Lipinski definition) is 10. The molecule has 0 aliphatic carbocycles. The third-order valence-corrected chi connectivity index (χ3v) is 7.27. The fourth-order valence-corrected chi connectivity index (χ4v) is 5.35. The van der Waals surface area contributed by atoms with Crippen LogP contribution in [-0.4, -0.2) is 98.2 Å². The number of ether oxygens (including phenoxy) is 1. The molecule has 5 rings (SSSR count). The van der Waals surface area contributed by atoms with Crippen molar-refractivity contribution in [3.63, 3.8) is 0 Å². The van der Waals surface area contributed by atoms with Gasteiger partial charge in [0.25, 0.3) is 0 Å². The molecule has 11 heteroatoms. The van der Waals surface area contributed by atoms with Crippen molar-refractivity contribution in [2.24, 2.45) is 5.92 Å². The first kappa shape index (κ1) is 23.7. The Hall–Kier alpha value is -2.02. The SMILES string of the molecule is O=C1NNCC2NC(N3CCCCCC3)NC(Nc3ccc(OCCN4CCNCC4)nc3)C12. The van der Waals surface area contributed by atoms with E-state index in [1.165, 1.54) is 25.7 Å². The zero-order valence-electron chi connectivity index (χ0n) is 19.9. The Bertz CT molecular complexity index is 781. The predicted molar refractivity (Wildman–Crippen MR) is 130 cm³/mol. The van der Waals surface area contributed by atoms with Crippen LogP contribution in [0, 0.1) is 5.92 Å². The Kier molecular flexibility index (Phi) is 8.09. The molecule has 4 aliphatic rings. The van der Waals surface area contributed by atoms with Crippen LogP contribution in [0.3, 0.4) is 0 Å². The summed E-state index contributed by atoms with van der Waals surface area (Å²) in [6.45, 7) is 8.57. The van der Waals surface area contributed by atoms with Crippen molar-refractivity contribution in [3.8, 4) is 5.88 Å². The fraction of sp³-hybridized carbons (Fsp3) is 0.739. The summed E-state index contributed by atoms with van der Waals surface area (Å²) in [6.07, 6.45) is 6.62. The highest BCUT2D eigenvalue weighted by atomic mass is 16.5. The van der Waals surface area contributed by atoms with Crippen LogP contribution in [0.1, 0.15) is 25.7 Å². The number of hydrogen-bond donors (Lipinski definition) is 6. The van der Waals surface area contributed by atoms with E-state index >= 15 is 0 Å². The monoisotopic (exact) mass is 473 g/mol. The van der Waals surface area contributed by atoms with Crippen LogP contribution in [-0.2, 0) is 4.79 Å². The molecule has 0 aromatic carbocycles. The maximum absolute atomic E-state index is 12.7. The Morgan fingerprint density at radius 3 is 2.65 bits per heavy atom. The average Bonchev–Trinajstić information content (AvgIpc) is 3.15. The number of nitrogens with one attached hydrogen (secondary N) is 6. The van der Waals surface area contributed by atoms with Crippen molar-refractivity contribution < 1.29 is 9.53 Å². The minimum Gasteiger partial charge on any atom is -0.476 e. The molecule has 1 aromatic heterocycles. The first-order chi connectivity index (χ1) is 16.8. The standard InChI is InChI=1S/C23H39N9O2/c33-22-20-18(16-26-30-22)28-23(32-9-3-1-2-4-10-32)29-21(20)27-17-5-6-19(25-15-17)34-14-13-31-11-7-24-8-12-31/h5-6,15,18,20-21,23-24,26-29H,1-4,7-14,16H2,(H,30,33). The number of piperazine rings is 1. The lowest BCUT2D eigenvalue weighted by molar-refractivity contribution is -0.132. The van der Waals surface area contributed by atoms with Gasteiger partial charge in [-0.25, -0.2) is 10.4 Å². The second-order valence-corrected chi connectivity index (χ2v) is 9.64. The molecular weight excluding hydrogens is 434 g/mol. The summed E-state index contributed by atoms with van der Waals surface area (Å²) < 4.78 is 5.86. The number of fused-ring (bicyclic) bond motifs is 1. The molecule has 4 unspecified atom stereocenters. The molecule has 1 amide bonds. The lowest BCUT2D eigenvalue weighted by atomic mass is 9.91. The van der Waals surface area contributed by atoms with Gasteiger partial charge in [-0.1, -0.05) is 12.8 Å². The van der Waals surface area contributed by atoms with E-state index < -0.39 is 0 Å². The van der Waals surface area contributed by atoms with E-state index in [0.29, 0.717) is 19.0 Å². The first-order valence-electron chi connectivity index (χ1n) is 12.8. The van der Waals surface area contributed by atoms with E-state index in [4.69, 9.17) is 4.74 Å². The summed E-state index contributed by atoms with van der Waals surface area (Å²) in [5, 5.41) is 14.2. The van der Waals surface area contributed by atoms with Gasteiger partial charge in [-0.2, -0.15) is 0 Å². The number of hydrazine groups is 1.